The first-order valence-electron chi connectivity index (χ1n) is 6.47. The molecule has 92 valence electrons. The van der Waals surface area contributed by atoms with Crippen LogP contribution in [-0.2, 0) is 13.0 Å². The highest BCUT2D eigenvalue weighted by Gasteiger charge is 2.08. The van der Waals surface area contributed by atoms with Crippen molar-refractivity contribution >= 4 is 0 Å². The molecule has 1 aromatic heterocycles. The summed E-state index contributed by atoms with van der Waals surface area (Å²) < 4.78 is 2.12. The smallest absolute Gasteiger partial charge is 0.0596 e. The molecule has 1 atom stereocenters. The van der Waals surface area contributed by atoms with Gasteiger partial charge < -0.3 is 5.32 Å². The molecule has 1 rings (SSSR count). The fraction of sp³-hybridized carbons (Fsp3) is 0.769. The molecule has 0 spiro atoms. The number of hydrogen-bond acceptors (Lipinski definition) is 2. The van der Waals surface area contributed by atoms with E-state index >= 15 is 0 Å². The Morgan fingerprint density at radius 3 is 2.69 bits per heavy atom. The van der Waals surface area contributed by atoms with E-state index in [-0.39, 0.29) is 0 Å². The summed E-state index contributed by atoms with van der Waals surface area (Å²) in [4.78, 5) is 0. The third-order valence-electron chi connectivity index (χ3n) is 3.02. The molecule has 0 amide bonds. The predicted molar refractivity (Wildman–Crippen MR) is 68.7 cm³/mol. The Morgan fingerprint density at radius 2 is 2.12 bits per heavy atom. The highest BCUT2D eigenvalue weighted by Crippen LogP contribution is 2.09. The van der Waals surface area contributed by atoms with Crippen molar-refractivity contribution < 1.29 is 0 Å². The molecule has 0 saturated carbocycles. The SMILES string of the molecule is CCNC(CC)CCc1cc(C)nn1CC. The molecule has 0 fully saturated rings. The lowest BCUT2D eigenvalue weighted by atomic mass is 10.1. The molecule has 1 heterocycles. The summed E-state index contributed by atoms with van der Waals surface area (Å²) in [5.74, 6) is 0. The van der Waals surface area contributed by atoms with E-state index in [4.69, 9.17) is 0 Å². The van der Waals surface area contributed by atoms with Crippen LogP contribution in [0.25, 0.3) is 0 Å². The van der Waals surface area contributed by atoms with Crippen LogP contribution < -0.4 is 5.32 Å². The molecule has 0 aliphatic carbocycles. The number of hydrogen-bond donors (Lipinski definition) is 1. The molecule has 3 heteroatoms. The zero-order chi connectivity index (χ0) is 12.0. The number of nitrogens with zero attached hydrogens (tertiary/aromatic N) is 2. The summed E-state index contributed by atoms with van der Waals surface area (Å²) in [6, 6.07) is 2.85. The molecule has 1 aromatic rings. The van der Waals surface area contributed by atoms with Gasteiger partial charge in [-0.25, -0.2) is 0 Å². The Labute approximate surface area is 99.2 Å². The van der Waals surface area contributed by atoms with Gasteiger partial charge in [-0.1, -0.05) is 13.8 Å². The lowest BCUT2D eigenvalue weighted by Gasteiger charge is -2.15. The van der Waals surface area contributed by atoms with E-state index < -0.39 is 0 Å². The number of aryl methyl sites for hydroxylation is 3. The van der Waals surface area contributed by atoms with Gasteiger partial charge in [-0.2, -0.15) is 5.10 Å². The molecular weight excluding hydrogens is 198 g/mol. The quantitative estimate of drug-likeness (QED) is 0.770. The summed E-state index contributed by atoms with van der Waals surface area (Å²) in [7, 11) is 0. The maximum atomic E-state index is 4.48. The maximum Gasteiger partial charge on any atom is 0.0596 e. The topological polar surface area (TPSA) is 29.9 Å². The zero-order valence-electron chi connectivity index (χ0n) is 11.1. The molecule has 1 unspecified atom stereocenters. The minimum atomic E-state index is 0.644. The molecule has 0 aliphatic heterocycles. The van der Waals surface area contributed by atoms with Crippen LogP contribution in [0.4, 0.5) is 0 Å². The largest absolute Gasteiger partial charge is 0.314 e. The molecular formula is C13H25N3. The first kappa shape index (κ1) is 13.2. The van der Waals surface area contributed by atoms with Crippen LogP contribution in [0.1, 0.15) is 45.0 Å². The van der Waals surface area contributed by atoms with E-state index in [1.54, 1.807) is 0 Å². The summed E-state index contributed by atoms with van der Waals surface area (Å²) in [6.07, 6.45) is 3.53. The molecule has 0 aromatic carbocycles. The fourth-order valence-electron chi connectivity index (χ4n) is 2.14. The average molecular weight is 223 g/mol. The Morgan fingerprint density at radius 1 is 1.38 bits per heavy atom. The van der Waals surface area contributed by atoms with Crippen LogP contribution in [-0.4, -0.2) is 22.4 Å². The predicted octanol–water partition coefficient (Wildman–Crippen LogP) is 2.53. The summed E-state index contributed by atoms with van der Waals surface area (Å²) in [5.41, 5.74) is 2.50. The van der Waals surface area contributed by atoms with Crippen molar-refractivity contribution in [2.75, 3.05) is 6.54 Å². The van der Waals surface area contributed by atoms with Crippen LogP contribution in [0.15, 0.2) is 6.07 Å². The van der Waals surface area contributed by atoms with E-state index in [0.29, 0.717) is 6.04 Å². The van der Waals surface area contributed by atoms with Gasteiger partial charge in [0, 0.05) is 18.3 Å². The van der Waals surface area contributed by atoms with Crippen molar-refractivity contribution in [2.45, 2.75) is 59.5 Å². The average Bonchev–Trinajstić information content (AvgIpc) is 2.65. The van der Waals surface area contributed by atoms with Crippen LogP contribution in [0.3, 0.4) is 0 Å². The van der Waals surface area contributed by atoms with Crippen LogP contribution in [0, 0.1) is 6.92 Å². The summed E-state index contributed by atoms with van der Waals surface area (Å²) >= 11 is 0. The van der Waals surface area contributed by atoms with Gasteiger partial charge in [0.15, 0.2) is 0 Å². The van der Waals surface area contributed by atoms with Gasteiger partial charge in [-0.15, -0.1) is 0 Å². The second-order valence-electron chi connectivity index (χ2n) is 4.29. The van der Waals surface area contributed by atoms with Crippen LogP contribution >= 0.6 is 0 Å². The van der Waals surface area contributed by atoms with Gasteiger partial charge in [0.25, 0.3) is 0 Å². The molecule has 0 aliphatic rings. The summed E-state index contributed by atoms with van der Waals surface area (Å²) in [5, 5.41) is 7.99. The lowest BCUT2D eigenvalue weighted by molar-refractivity contribution is 0.471. The Bertz CT molecular complexity index is 304. The summed E-state index contributed by atoms with van der Waals surface area (Å²) in [6.45, 7) is 10.7. The number of aromatic nitrogens is 2. The van der Waals surface area contributed by atoms with Crippen LogP contribution in [0.2, 0.25) is 0 Å². The molecule has 0 radical (unpaired) electrons. The van der Waals surface area contributed by atoms with Crippen molar-refractivity contribution in [2.24, 2.45) is 0 Å². The first-order chi connectivity index (χ1) is 7.71. The Balaban J connectivity index is 2.52. The number of nitrogens with one attached hydrogen (secondary N) is 1. The van der Waals surface area contributed by atoms with Gasteiger partial charge in [-0.3, -0.25) is 4.68 Å². The standard InChI is InChI=1S/C13H25N3/c1-5-12(14-6-2)8-9-13-10-11(4)15-16(13)7-3/h10,12,14H,5-9H2,1-4H3. The normalized spacial score (nSPS) is 13.0. The number of rotatable bonds is 7. The molecule has 0 saturated heterocycles. The molecule has 3 nitrogen and oxygen atoms in total. The second-order valence-corrected chi connectivity index (χ2v) is 4.29. The van der Waals surface area contributed by atoms with Gasteiger partial charge in [0.1, 0.15) is 0 Å². The highest BCUT2D eigenvalue weighted by molar-refractivity contribution is 5.09. The van der Waals surface area contributed by atoms with Crippen molar-refractivity contribution in [1.29, 1.82) is 0 Å². The fourth-order valence-corrected chi connectivity index (χ4v) is 2.14. The monoisotopic (exact) mass is 223 g/mol. The van der Waals surface area contributed by atoms with Crippen molar-refractivity contribution in [3.05, 3.63) is 17.5 Å². The molecule has 1 N–H and O–H groups in total. The van der Waals surface area contributed by atoms with Gasteiger partial charge >= 0.3 is 0 Å². The molecule has 16 heavy (non-hydrogen) atoms. The second kappa shape index (κ2) is 6.69. The third-order valence-corrected chi connectivity index (χ3v) is 3.02. The Kier molecular flexibility index (Phi) is 5.53. The van der Waals surface area contributed by atoms with E-state index in [1.807, 2.05) is 0 Å². The lowest BCUT2D eigenvalue weighted by Crippen LogP contribution is -2.28. The van der Waals surface area contributed by atoms with Crippen molar-refractivity contribution in [3.8, 4) is 0 Å². The van der Waals surface area contributed by atoms with Gasteiger partial charge in [0.05, 0.1) is 5.69 Å². The van der Waals surface area contributed by atoms with E-state index in [0.717, 1.165) is 25.2 Å². The van der Waals surface area contributed by atoms with E-state index in [9.17, 15) is 0 Å². The first-order valence-corrected chi connectivity index (χ1v) is 6.47. The van der Waals surface area contributed by atoms with Crippen LogP contribution in [0.5, 0.6) is 0 Å². The maximum absolute atomic E-state index is 4.48. The minimum absolute atomic E-state index is 0.644. The van der Waals surface area contributed by atoms with E-state index in [2.05, 4.69) is 48.9 Å². The zero-order valence-corrected chi connectivity index (χ0v) is 11.1. The van der Waals surface area contributed by atoms with Gasteiger partial charge in [-0.05, 0) is 45.7 Å². The van der Waals surface area contributed by atoms with E-state index in [1.165, 1.54) is 18.5 Å². The molecule has 0 bridgehead atoms. The minimum Gasteiger partial charge on any atom is -0.314 e. The van der Waals surface area contributed by atoms with Crippen molar-refractivity contribution in [1.82, 2.24) is 15.1 Å². The van der Waals surface area contributed by atoms with Gasteiger partial charge in [0.2, 0.25) is 0 Å². The van der Waals surface area contributed by atoms with Crippen molar-refractivity contribution in [3.63, 3.8) is 0 Å². The Hall–Kier alpha value is -0.830. The third kappa shape index (κ3) is 3.63. The highest BCUT2D eigenvalue weighted by atomic mass is 15.3.